The van der Waals surface area contributed by atoms with Gasteiger partial charge in [-0.15, -0.1) is 0 Å². The zero-order valence-electron chi connectivity index (χ0n) is 15.0. The number of nitrogens with zero attached hydrogens (tertiary/aromatic N) is 1. The van der Waals surface area contributed by atoms with Gasteiger partial charge in [0.25, 0.3) is 0 Å². The monoisotopic (exact) mass is 360 g/mol. The zero-order valence-corrected chi connectivity index (χ0v) is 15.0. The molecule has 0 bridgehead atoms. The predicted molar refractivity (Wildman–Crippen MR) is 93.7 cm³/mol. The van der Waals surface area contributed by atoms with E-state index in [0.29, 0.717) is 19.8 Å². The van der Waals surface area contributed by atoms with Crippen LogP contribution < -0.4 is 10.1 Å². The molecule has 0 unspecified atom stereocenters. The second-order valence-electron chi connectivity index (χ2n) is 6.77. The van der Waals surface area contributed by atoms with Crippen LogP contribution in [-0.4, -0.2) is 56.0 Å². The molecule has 140 valence electrons. The van der Waals surface area contributed by atoms with Crippen molar-refractivity contribution < 1.29 is 23.9 Å². The second kappa shape index (κ2) is 7.86. The first-order chi connectivity index (χ1) is 12.5. The third-order valence-electron chi connectivity index (χ3n) is 5.23. The molecule has 0 atom stereocenters. The molecule has 0 spiro atoms. The van der Waals surface area contributed by atoms with E-state index in [4.69, 9.17) is 9.47 Å². The number of carbonyl (C=O) groups is 3. The molecule has 26 heavy (non-hydrogen) atoms. The van der Waals surface area contributed by atoms with Gasteiger partial charge in [0, 0.05) is 38.0 Å². The molecular formula is C19H24N2O5. The lowest BCUT2D eigenvalue weighted by molar-refractivity contribution is -0.142. The lowest BCUT2D eigenvalue weighted by Crippen LogP contribution is -2.47. The molecule has 2 fully saturated rings. The van der Waals surface area contributed by atoms with Gasteiger partial charge in [0.05, 0.1) is 7.11 Å². The molecule has 0 aliphatic carbocycles. The fourth-order valence-corrected chi connectivity index (χ4v) is 3.54. The normalized spacial score (nSPS) is 19.5. The van der Waals surface area contributed by atoms with Gasteiger partial charge in [-0.25, -0.2) is 0 Å². The molecule has 7 nitrogen and oxygen atoms in total. The summed E-state index contributed by atoms with van der Waals surface area (Å²) < 4.78 is 10.7. The molecule has 1 aromatic carbocycles. The molecule has 2 heterocycles. The molecule has 7 heteroatoms. The lowest BCUT2D eigenvalue weighted by Gasteiger charge is -2.38. The highest BCUT2D eigenvalue weighted by Crippen LogP contribution is 2.35. The van der Waals surface area contributed by atoms with Crippen LogP contribution in [0, 0.1) is 0 Å². The minimum absolute atomic E-state index is 0.194. The highest BCUT2D eigenvalue weighted by Gasteiger charge is 2.36. The first kappa shape index (κ1) is 18.4. The number of amides is 3. The van der Waals surface area contributed by atoms with Crippen LogP contribution in [0.3, 0.4) is 0 Å². The number of rotatable bonds is 6. The van der Waals surface area contributed by atoms with E-state index in [1.807, 2.05) is 24.3 Å². The Morgan fingerprint density at radius 1 is 1.15 bits per heavy atom. The number of ether oxygens (including phenoxy) is 2. The number of hydrogen-bond acceptors (Lipinski definition) is 5. The minimum Gasteiger partial charge on any atom is -0.497 e. The van der Waals surface area contributed by atoms with Gasteiger partial charge in [-0.2, -0.15) is 0 Å². The maximum atomic E-state index is 12.3. The number of imide groups is 1. The molecule has 1 aromatic rings. The van der Waals surface area contributed by atoms with Crippen molar-refractivity contribution in [1.82, 2.24) is 10.2 Å². The predicted octanol–water partition coefficient (Wildman–Crippen LogP) is 1.01. The van der Waals surface area contributed by atoms with Crippen molar-refractivity contribution in [2.45, 2.75) is 31.1 Å². The van der Waals surface area contributed by atoms with E-state index in [-0.39, 0.29) is 42.5 Å². The van der Waals surface area contributed by atoms with E-state index in [1.165, 1.54) is 0 Å². The van der Waals surface area contributed by atoms with Crippen molar-refractivity contribution in [3.05, 3.63) is 29.8 Å². The largest absolute Gasteiger partial charge is 0.497 e. The maximum absolute atomic E-state index is 12.3. The van der Waals surface area contributed by atoms with E-state index in [1.54, 1.807) is 7.11 Å². The summed E-state index contributed by atoms with van der Waals surface area (Å²) in [6.07, 6.45) is 1.97. The topological polar surface area (TPSA) is 84.9 Å². The van der Waals surface area contributed by atoms with Gasteiger partial charge in [0.15, 0.2) is 0 Å². The van der Waals surface area contributed by atoms with E-state index in [0.717, 1.165) is 29.1 Å². The molecular weight excluding hydrogens is 336 g/mol. The molecule has 3 rings (SSSR count). The Morgan fingerprint density at radius 2 is 1.77 bits per heavy atom. The first-order valence-electron chi connectivity index (χ1n) is 8.86. The number of hydrogen-bond donors (Lipinski definition) is 1. The van der Waals surface area contributed by atoms with Crippen LogP contribution in [0.2, 0.25) is 0 Å². The first-order valence-corrected chi connectivity index (χ1v) is 8.86. The third kappa shape index (κ3) is 3.88. The summed E-state index contributed by atoms with van der Waals surface area (Å²) in [4.78, 5) is 36.7. The SMILES string of the molecule is COc1ccc(C2(CNC(=O)CN3C(=O)CCC3=O)CCOCC2)cc1. The van der Waals surface area contributed by atoms with E-state index >= 15 is 0 Å². The quantitative estimate of drug-likeness (QED) is 0.766. The number of benzene rings is 1. The Balaban J connectivity index is 1.67. The van der Waals surface area contributed by atoms with Crippen LogP contribution in [0.25, 0.3) is 0 Å². The van der Waals surface area contributed by atoms with Crippen LogP contribution in [0.15, 0.2) is 24.3 Å². The molecule has 2 saturated heterocycles. The van der Waals surface area contributed by atoms with Gasteiger partial charge in [0.1, 0.15) is 12.3 Å². The van der Waals surface area contributed by atoms with Crippen LogP contribution in [0.4, 0.5) is 0 Å². The second-order valence-corrected chi connectivity index (χ2v) is 6.77. The van der Waals surface area contributed by atoms with Crippen LogP contribution in [0.1, 0.15) is 31.2 Å². The summed E-state index contributed by atoms with van der Waals surface area (Å²) in [5.41, 5.74) is 0.898. The average molecular weight is 360 g/mol. The van der Waals surface area contributed by atoms with Crippen molar-refractivity contribution in [3.63, 3.8) is 0 Å². The lowest BCUT2D eigenvalue weighted by atomic mass is 9.74. The molecule has 2 aliphatic rings. The van der Waals surface area contributed by atoms with Crippen LogP contribution >= 0.6 is 0 Å². The fraction of sp³-hybridized carbons (Fsp3) is 0.526. The number of likely N-dealkylation sites (tertiary alicyclic amines) is 1. The Hall–Kier alpha value is -2.41. The van der Waals surface area contributed by atoms with Crippen molar-refractivity contribution >= 4 is 17.7 Å². The van der Waals surface area contributed by atoms with Crippen LogP contribution in [-0.2, 0) is 24.5 Å². The highest BCUT2D eigenvalue weighted by molar-refractivity contribution is 6.04. The van der Waals surface area contributed by atoms with Gasteiger partial charge >= 0.3 is 0 Å². The minimum atomic E-state index is -0.312. The Kier molecular flexibility index (Phi) is 5.56. The summed E-state index contributed by atoms with van der Waals surface area (Å²) in [5.74, 6) is -0.0822. The number of methoxy groups -OCH3 is 1. The smallest absolute Gasteiger partial charge is 0.240 e. The van der Waals surface area contributed by atoms with Gasteiger partial charge in [-0.1, -0.05) is 12.1 Å². The Labute approximate surface area is 152 Å². The molecule has 3 amide bonds. The van der Waals surface area contributed by atoms with Crippen molar-refractivity contribution in [2.24, 2.45) is 0 Å². The highest BCUT2D eigenvalue weighted by atomic mass is 16.5. The van der Waals surface area contributed by atoms with Crippen molar-refractivity contribution in [3.8, 4) is 5.75 Å². The maximum Gasteiger partial charge on any atom is 0.240 e. The summed E-state index contributed by atoms with van der Waals surface area (Å²) in [6.45, 7) is 1.50. The summed E-state index contributed by atoms with van der Waals surface area (Å²) in [5, 5.41) is 2.92. The third-order valence-corrected chi connectivity index (χ3v) is 5.23. The Bertz CT molecular complexity index is 664. The standard InChI is InChI=1S/C19H24N2O5/c1-25-15-4-2-14(3-5-15)19(8-10-26-11-9-19)13-20-16(22)12-21-17(23)6-7-18(21)24/h2-5H,6-13H2,1H3,(H,20,22). The number of nitrogens with one attached hydrogen (secondary N) is 1. The number of carbonyl (C=O) groups excluding carboxylic acids is 3. The van der Waals surface area contributed by atoms with Crippen LogP contribution in [0.5, 0.6) is 5.75 Å². The molecule has 0 aromatic heterocycles. The summed E-state index contributed by atoms with van der Waals surface area (Å²) in [7, 11) is 1.63. The summed E-state index contributed by atoms with van der Waals surface area (Å²) in [6, 6.07) is 7.86. The molecule has 2 aliphatic heterocycles. The fourth-order valence-electron chi connectivity index (χ4n) is 3.54. The Morgan fingerprint density at radius 3 is 2.35 bits per heavy atom. The van der Waals surface area contributed by atoms with E-state index in [2.05, 4.69) is 5.32 Å². The summed E-state index contributed by atoms with van der Waals surface area (Å²) >= 11 is 0. The van der Waals surface area contributed by atoms with E-state index < -0.39 is 0 Å². The van der Waals surface area contributed by atoms with Gasteiger partial charge in [-0.3, -0.25) is 19.3 Å². The molecule has 0 saturated carbocycles. The van der Waals surface area contributed by atoms with Gasteiger partial charge in [-0.05, 0) is 30.5 Å². The van der Waals surface area contributed by atoms with Gasteiger partial charge in [0.2, 0.25) is 17.7 Å². The van der Waals surface area contributed by atoms with Crippen molar-refractivity contribution in [1.29, 1.82) is 0 Å². The molecule has 0 radical (unpaired) electrons. The molecule has 1 N–H and O–H groups in total. The van der Waals surface area contributed by atoms with E-state index in [9.17, 15) is 14.4 Å². The van der Waals surface area contributed by atoms with Gasteiger partial charge < -0.3 is 14.8 Å². The zero-order chi connectivity index (χ0) is 18.6. The average Bonchev–Trinajstić information content (AvgIpc) is 2.99. The van der Waals surface area contributed by atoms with Crippen molar-refractivity contribution in [2.75, 3.05) is 33.4 Å².